The predicted octanol–water partition coefficient (Wildman–Crippen LogP) is 16.2. The maximum absolute atomic E-state index is 7.09. The molecule has 0 aliphatic heterocycles. The summed E-state index contributed by atoms with van der Waals surface area (Å²) < 4.78 is 19.8. The Morgan fingerprint density at radius 1 is 0.274 bits per heavy atom. The molecule has 0 amide bonds. The summed E-state index contributed by atoms with van der Waals surface area (Å²) in [5.74, 6) is 0. The molecular formula is C59H32O3. The second-order valence-corrected chi connectivity index (χ2v) is 17.0. The average Bonchev–Trinajstić information content (AvgIpc) is 4.13. The molecule has 1 spiro atoms. The first-order valence-electron chi connectivity index (χ1n) is 21.3. The zero-order chi connectivity index (χ0) is 40.3. The van der Waals surface area contributed by atoms with Gasteiger partial charge in [-0.1, -0.05) is 140 Å². The third kappa shape index (κ3) is 3.97. The van der Waals surface area contributed by atoms with Gasteiger partial charge in [-0.25, -0.2) is 0 Å². The molecule has 3 aromatic heterocycles. The van der Waals surface area contributed by atoms with Crippen LogP contribution in [0.1, 0.15) is 22.3 Å². The summed E-state index contributed by atoms with van der Waals surface area (Å²) in [7, 11) is 0. The Morgan fingerprint density at radius 2 is 0.726 bits per heavy atom. The molecule has 10 aromatic carbocycles. The summed E-state index contributed by atoms with van der Waals surface area (Å²) in [6, 6.07) is 70.7. The fourth-order valence-corrected chi connectivity index (χ4v) is 11.6. The minimum absolute atomic E-state index is 0.628. The Bertz CT molecular complexity index is 4070. The van der Waals surface area contributed by atoms with E-state index in [9.17, 15) is 0 Å². The zero-order valence-corrected chi connectivity index (χ0v) is 33.2. The van der Waals surface area contributed by atoms with Gasteiger partial charge in [-0.05, 0) is 127 Å². The van der Waals surface area contributed by atoms with Gasteiger partial charge in [0.2, 0.25) is 0 Å². The molecule has 62 heavy (non-hydrogen) atoms. The van der Waals surface area contributed by atoms with Gasteiger partial charge in [0, 0.05) is 37.9 Å². The second kappa shape index (κ2) is 11.6. The number of benzene rings is 10. The summed E-state index contributed by atoms with van der Waals surface area (Å²) in [6.45, 7) is 0. The molecule has 3 heterocycles. The van der Waals surface area contributed by atoms with Crippen LogP contribution in [0.2, 0.25) is 0 Å². The van der Waals surface area contributed by atoms with Gasteiger partial charge < -0.3 is 13.3 Å². The molecule has 2 aliphatic rings. The van der Waals surface area contributed by atoms with Crippen LogP contribution in [0.15, 0.2) is 207 Å². The monoisotopic (exact) mass is 788 g/mol. The van der Waals surface area contributed by atoms with Gasteiger partial charge in [0.1, 0.15) is 33.5 Å². The Kier molecular flexibility index (Phi) is 6.10. The van der Waals surface area contributed by atoms with Crippen molar-refractivity contribution in [2.75, 3.05) is 0 Å². The lowest BCUT2D eigenvalue weighted by Gasteiger charge is -2.31. The number of hydrogen-bond acceptors (Lipinski definition) is 3. The zero-order valence-electron chi connectivity index (χ0n) is 33.2. The van der Waals surface area contributed by atoms with Crippen molar-refractivity contribution in [1.29, 1.82) is 0 Å². The van der Waals surface area contributed by atoms with Crippen LogP contribution in [-0.2, 0) is 5.41 Å². The van der Waals surface area contributed by atoms with E-state index in [1.165, 1.54) is 60.8 Å². The molecule has 15 rings (SSSR count). The van der Waals surface area contributed by atoms with Crippen molar-refractivity contribution in [3.8, 4) is 44.5 Å². The lowest BCUT2D eigenvalue weighted by molar-refractivity contribution is 0.668. The van der Waals surface area contributed by atoms with Crippen LogP contribution < -0.4 is 0 Å². The number of para-hydroxylation sites is 3. The fraction of sp³-hybridized carbons (Fsp3) is 0.0169. The SMILES string of the molecule is c1ccc2c(c1)-c1ccccc1C21c2cc(-c3ccc4oc5ccccc5c4c3)c3ccccc3c2-c2c1cc(-c1ccc3oc4ccccc4c3c1)c1oc3ccccc3c21. The highest BCUT2D eigenvalue weighted by molar-refractivity contribution is 6.24. The Hall–Kier alpha value is -8.14. The van der Waals surface area contributed by atoms with Crippen molar-refractivity contribution < 1.29 is 13.3 Å². The predicted molar refractivity (Wildman–Crippen MR) is 253 cm³/mol. The standard InChI is InChI=1S/C59H32O3/c1-2-18-40-35(13-1)42(33-25-27-53-44(29-33)38-16-5-10-22-50(38)60-53)31-48-55(40)57-49(59(48)46-20-8-3-14-36(46)37-15-4-9-21-47(37)59)32-43(58-56(57)41-19-7-12-24-52(41)62-58)34-26-28-54-45(30-34)39-17-6-11-23-51(39)61-54/h1-32H. The Balaban J connectivity index is 1.13. The Labute approximate surface area is 354 Å². The Morgan fingerprint density at radius 3 is 1.35 bits per heavy atom. The van der Waals surface area contributed by atoms with Crippen LogP contribution in [0.25, 0.3) is 121 Å². The van der Waals surface area contributed by atoms with Crippen LogP contribution in [-0.4, -0.2) is 0 Å². The maximum atomic E-state index is 7.09. The highest BCUT2D eigenvalue weighted by Gasteiger charge is 2.53. The summed E-state index contributed by atoms with van der Waals surface area (Å²) >= 11 is 0. The first-order valence-corrected chi connectivity index (χ1v) is 21.3. The first-order chi connectivity index (χ1) is 30.7. The van der Waals surface area contributed by atoms with Crippen molar-refractivity contribution >= 4 is 76.6 Å². The normalized spacial score (nSPS) is 13.6. The highest BCUT2D eigenvalue weighted by atomic mass is 16.3. The van der Waals surface area contributed by atoms with Crippen LogP contribution in [0.5, 0.6) is 0 Å². The van der Waals surface area contributed by atoms with Crippen LogP contribution in [0.4, 0.5) is 0 Å². The van der Waals surface area contributed by atoms with Crippen molar-refractivity contribution in [3.63, 3.8) is 0 Å². The van der Waals surface area contributed by atoms with E-state index in [0.29, 0.717) is 0 Å². The topological polar surface area (TPSA) is 39.4 Å². The molecule has 3 heteroatoms. The van der Waals surface area contributed by atoms with Crippen LogP contribution in [0.3, 0.4) is 0 Å². The van der Waals surface area contributed by atoms with E-state index in [1.54, 1.807) is 0 Å². The molecule has 0 N–H and O–H groups in total. The molecule has 286 valence electrons. The number of furan rings is 3. The molecule has 2 aliphatic carbocycles. The van der Waals surface area contributed by atoms with Crippen molar-refractivity contribution in [3.05, 3.63) is 216 Å². The molecule has 0 saturated carbocycles. The summed E-state index contributed by atoms with van der Waals surface area (Å²) in [5, 5.41) is 9.14. The minimum Gasteiger partial charge on any atom is -0.456 e. The molecular weight excluding hydrogens is 757 g/mol. The quantitative estimate of drug-likeness (QED) is 0.175. The van der Waals surface area contributed by atoms with Gasteiger partial charge in [-0.15, -0.1) is 0 Å². The van der Waals surface area contributed by atoms with E-state index in [1.807, 2.05) is 18.2 Å². The van der Waals surface area contributed by atoms with Gasteiger partial charge in [0.15, 0.2) is 0 Å². The van der Waals surface area contributed by atoms with Gasteiger partial charge >= 0.3 is 0 Å². The summed E-state index contributed by atoms with van der Waals surface area (Å²) in [6.07, 6.45) is 0. The van der Waals surface area contributed by atoms with Gasteiger partial charge in [0.25, 0.3) is 0 Å². The highest BCUT2D eigenvalue weighted by Crippen LogP contribution is 2.66. The van der Waals surface area contributed by atoms with E-state index in [2.05, 4.69) is 176 Å². The summed E-state index contributed by atoms with van der Waals surface area (Å²) in [5.41, 5.74) is 19.4. The molecule has 3 nitrogen and oxygen atoms in total. The van der Waals surface area contributed by atoms with Gasteiger partial charge in [-0.2, -0.15) is 0 Å². The van der Waals surface area contributed by atoms with Crippen molar-refractivity contribution in [2.24, 2.45) is 0 Å². The molecule has 0 radical (unpaired) electrons. The van der Waals surface area contributed by atoms with Crippen molar-refractivity contribution in [2.45, 2.75) is 5.41 Å². The molecule has 0 bridgehead atoms. The third-order valence-electron chi connectivity index (χ3n) is 14.1. The molecule has 13 aromatic rings. The number of fused-ring (bicyclic) bond motifs is 22. The largest absolute Gasteiger partial charge is 0.456 e. The first kappa shape index (κ1) is 32.7. The third-order valence-corrected chi connectivity index (χ3v) is 14.1. The van der Waals surface area contributed by atoms with Gasteiger partial charge in [0.05, 0.1) is 5.41 Å². The minimum atomic E-state index is -0.628. The van der Waals surface area contributed by atoms with Gasteiger partial charge in [-0.3, -0.25) is 0 Å². The van der Waals surface area contributed by atoms with Crippen LogP contribution in [0, 0.1) is 0 Å². The smallest absolute Gasteiger partial charge is 0.143 e. The van der Waals surface area contributed by atoms with E-state index < -0.39 is 5.41 Å². The van der Waals surface area contributed by atoms with E-state index in [0.717, 1.165) is 82.5 Å². The molecule has 0 saturated heterocycles. The molecule has 0 unspecified atom stereocenters. The second-order valence-electron chi connectivity index (χ2n) is 17.0. The molecule has 0 fully saturated rings. The fourth-order valence-electron chi connectivity index (χ4n) is 11.6. The maximum Gasteiger partial charge on any atom is 0.143 e. The van der Waals surface area contributed by atoms with E-state index in [-0.39, 0.29) is 0 Å². The lowest BCUT2D eigenvalue weighted by Crippen LogP contribution is -2.26. The average molecular weight is 789 g/mol. The number of hydrogen-bond donors (Lipinski definition) is 0. The van der Waals surface area contributed by atoms with E-state index in [4.69, 9.17) is 13.3 Å². The number of rotatable bonds is 2. The summed E-state index contributed by atoms with van der Waals surface area (Å²) in [4.78, 5) is 0. The molecule has 0 atom stereocenters. The van der Waals surface area contributed by atoms with Crippen molar-refractivity contribution in [1.82, 2.24) is 0 Å². The van der Waals surface area contributed by atoms with Crippen LogP contribution >= 0.6 is 0 Å². The van der Waals surface area contributed by atoms with E-state index >= 15 is 0 Å². The lowest BCUT2D eigenvalue weighted by atomic mass is 9.69.